The smallest absolute Gasteiger partial charge is 0.188 e. The Hall–Kier alpha value is -3.18. The summed E-state index contributed by atoms with van der Waals surface area (Å²) in [4.78, 5) is 4.27. The largest absolute Gasteiger partial charge is 0.237 e. The molecule has 0 saturated heterocycles. The van der Waals surface area contributed by atoms with Crippen LogP contribution in [0.25, 0.3) is 28.0 Å². The standard InChI is InChI=1S/C16H9FN6S/c17-24-23-15-8-12(1-2-13(15)10-21-23)14-4-6-20-22(14)16-7-11(9-18)3-5-19-16/h1-8,10H. The predicted molar refractivity (Wildman–Crippen MR) is 88.9 cm³/mol. The van der Waals surface area contributed by atoms with Gasteiger partial charge in [-0.2, -0.15) is 19.5 Å². The lowest BCUT2D eigenvalue weighted by molar-refractivity contribution is 0.853. The highest BCUT2D eigenvalue weighted by Crippen LogP contribution is 2.27. The Morgan fingerprint density at radius 1 is 1.08 bits per heavy atom. The van der Waals surface area contributed by atoms with Crippen LogP contribution in [0.4, 0.5) is 3.89 Å². The summed E-state index contributed by atoms with van der Waals surface area (Å²) < 4.78 is 15.8. The molecule has 0 spiro atoms. The van der Waals surface area contributed by atoms with E-state index in [0.717, 1.165) is 16.6 Å². The zero-order valence-electron chi connectivity index (χ0n) is 12.2. The molecule has 6 nitrogen and oxygen atoms in total. The van der Waals surface area contributed by atoms with Gasteiger partial charge in [-0.25, -0.2) is 9.67 Å². The van der Waals surface area contributed by atoms with E-state index in [1.54, 1.807) is 35.4 Å². The topological polar surface area (TPSA) is 72.3 Å². The first-order chi connectivity index (χ1) is 11.8. The van der Waals surface area contributed by atoms with E-state index < -0.39 is 0 Å². The fourth-order valence-corrected chi connectivity index (χ4v) is 2.83. The summed E-state index contributed by atoms with van der Waals surface area (Å²) in [7, 11) is 0. The summed E-state index contributed by atoms with van der Waals surface area (Å²) in [6.07, 6.45) is 4.83. The third kappa shape index (κ3) is 2.31. The average molecular weight is 336 g/mol. The molecule has 0 saturated carbocycles. The minimum absolute atomic E-state index is 0.0512. The third-order valence-corrected chi connectivity index (χ3v) is 4.06. The fraction of sp³-hybridized carbons (Fsp3) is 0. The number of aromatic nitrogens is 5. The summed E-state index contributed by atoms with van der Waals surface area (Å²) in [6, 6.07) is 12.9. The van der Waals surface area contributed by atoms with Crippen molar-refractivity contribution in [3.05, 3.63) is 60.6 Å². The first-order valence-electron chi connectivity index (χ1n) is 6.98. The molecule has 4 aromatic rings. The molecule has 0 atom stereocenters. The van der Waals surface area contributed by atoms with Crippen molar-refractivity contribution in [1.82, 2.24) is 24.0 Å². The summed E-state index contributed by atoms with van der Waals surface area (Å²) in [6.45, 7) is 0. The molecule has 0 aliphatic rings. The van der Waals surface area contributed by atoms with Gasteiger partial charge >= 0.3 is 0 Å². The molecule has 1 aromatic carbocycles. The monoisotopic (exact) mass is 336 g/mol. The van der Waals surface area contributed by atoms with Crippen LogP contribution in [0.15, 0.2) is 55.0 Å². The predicted octanol–water partition coefficient (Wildman–Crippen LogP) is 3.54. The average Bonchev–Trinajstić information content (AvgIpc) is 3.27. The zero-order chi connectivity index (χ0) is 16.5. The van der Waals surface area contributed by atoms with E-state index in [1.807, 2.05) is 24.3 Å². The van der Waals surface area contributed by atoms with Crippen LogP contribution in [0.5, 0.6) is 0 Å². The highest BCUT2D eigenvalue weighted by Gasteiger charge is 2.12. The maximum Gasteiger partial charge on any atom is 0.188 e. The molecule has 0 aliphatic heterocycles. The van der Waals surface area contributed by atoms with Crippen molar-refractivity contribution < 1.29 is 3.89 Å². The van der Waals surface area contributed by atoms with E-state index in [1.165, 1.54) is 4.09 Å². The van der Waals surface area contributed by atoms with Gasteiger partial charge in [-0.05, 0) is 18.2 Å². The lowest BCUT2D eigenvalue weighted by Crippen LogP contribution is -2.02. The van der Waals surface area contributed by atoms with Crippen molar-refractivity contribution in [3.8, 4) is 23.1 Å². The first-order valence-corrected chi connectivity index (χ1v) is 7.65. The minimum atomic E-state index is 0.0512. The molecule has 4 rings (SSSR count). The molecule has 0 radical (unpaired) electrons. The first kappa shape index (κ1) is 14.4. The number of halogens is 1. The van der Waals surface area contributed by atoms with E-state index in [-0.39, 0.29) is 12.3 Å². The van der Waals surface area contributed by atoms with E-state index in [0.29, 0.717) is 16.9 Å². The second-order valence-electron chi connectivity index (χ2n) is 5.00. The van der Waals surface area contributed by atoms with Crippen LogP contribution >= 0.6 is 12.3 Å². The molecule has 24 heavy (non-hydrogen) atoms. The summed E-state index contributed by atoms with van der Waals surface area (Å²) in [5.74, 6) is 0.544. The van der Waals surface area contributed by atoms with Crippen molar-refractivity contribution in [1.29, 1.82) is 5.26 Å². The lowest BCUT2D eigenvalue weighted by Gasteiger charge is -2.07. The van der Waals surface area contributed by atoms with Gasteiger partial charge in [0.1, 0.15) is 0 Å². The number of pyridine rings is 1. The molecule has 0 amide bonds. The van der Waals surface area contributed by atoms with Gasteiger partial charge in [0.25, 0.3) is 0 Å². The SMILES string of the molecule is N#Cc1ccnc(-n2nccc2-c2ccc3cnn(SF)c3c2)c1. The van der Waals surface area contributed by atoms with E-state index >= 15 is 0 Å². The van der Waals surface area contributed by atoms with E-state index in [9.17, 15) is 3.89 Å². The Balaban J connectivity index is 1.86. The Bertz CT molecular complexity index is 1080. The summed E-state index contributed by atoms with van der Waals surface area (Å²) >= 11 is 0.0512. The normalized spacial score (nSPS) is 10.8. The summed E-state index contributed by atoms with van der Waals surface area (Å²) in [5.41, 5.74) is 2.81. The van der Waals surface area contributed by atoms with Crippen LogP contribution in [0.1, 0.15) is 5.56 Å². The molecular weight excluding hydrogens is 327 g/mol. The van der Waals surface area contributed by atoms with Crippen LogP contribution in [-0.4, -0.2) is 24.0 Å². The van der Waals surface area contributed by atoms with Gasteiger partial charge in [-0.15, -0.1) is 3.89 Å². The molecule has 3 aromatic heterocycles. The number of nitriles is 1. The van der Waals surface area contributed by atoms with E-state index in [4.69, 9.17) is 5.26 Å². The quantitative estimate of drug-likeness (QED) is 0.572. The van der Waals surface area contributed by atoms with Gasteiger partial charge in [0.15, 0.2) is 18.2 Å². The second kappa shape index (κ2) is 5.79. The van der Waals surface area contributed by atoms with Crippen LogP contribution in [0, 0.1) is 11.3 Å². The maximum atomic E-state index is 12.9. The fourth-order valence-electron chi connectivity index (χ4n) is 2.52. The molecule has 0 fully saturated rings. The van der Waals surface area contributed by atoms with Crippen LogP contribution in [0.3, 0.4) is 0 Å². The van der Waals surface area contributed by atoms with Gasteiger partial charge in [-0.1, -0.05) is 12.1 Å². The zero-order valence-corrected chi connectivity index (χ0v) is 13.0. The highest BCUT2D eigenvalue weighted by atomic mass is 32.2. The number of hydrogen-bond acceptors (Lipinski definition) is 5. The minimum Gasteiger partial charge on any atom is -0.237 e. The Morgan fingerprint density at radius 2 is 2.00 bits per heavy atom. The Labute approximate surface area is 140 Å². The highest BCUT2D eigenvalue weighted by molar-refractivity contribution is 7.92. The van der Waals surface area contributed by atoms with Gasteiger partial charge in [0, 0.05) is 23.2 Å². The third-order valence-electron chi connectivity index (χ3n) is 3.63. The van der Waals surface area contributed by atoms with Gasteiger partial charge in [0.05, 0.1) is 35.2 Å². The Morgan fingerprint density at radius 3 is 2.83 bits per heavy atom. The molecule has 0 unspecified atom stereocenters. The number of fused-ring (bicyclic) bond motifs is 1. The molecule has 0 aliphatic carbocycles. The van der Waals surface area contributed by atoms with Crippen molar-refractivity contribution in [2.75, 3.05) is 0 Å². The van der Waals surface area contributed by atoms with Crippen molar-refractivity contribution in [2.45, 2.75) is 0 Å². The van der Waals surface area contributed by atoms with Gasteiger partial charge in [-0.3, -0.25) is 0 Å². The molecule has 3 heterocycles. The van der Waals surface area contributed by atoms with Crippen molar-refractivity contribution in [2.24, 2.45) is 0 Å². The van der Waals surface area contributed by atoms with Gasteiger partial charge in [0.2, 0.25) is 0 Å². The number of rotatable bonds is 3. The van der Waals surface area contributed by atoms with Gasteiger partial charge < -0.3 is 0 Å². The molecular formula is C16H9FN6S. The second-order valence-corrected chi connectivity index (χ2v) is 5.49. The Kier molecular flexibility index (Phi) is 3.48. The van der Waals surface area contributed by atoms with Crippen molar-refractivity contribution >= 4 is 23.2 Å². The maximum absolute atomic E-state index is 12.9. The van der Waals surface area contributed by atoms with Crippen LogP contribution in [-0.2, 0) is 0 Å². The number of hydrogen-bond donors (Lipinski definition) is 0. The van der Waals surface area contributed by atoms with Crippen LogP contribution in [0.2, 0.25) is 0 Å². The summed E-state index contributed by atoms with van der Waals surface area (Å²) in [5, 5.41) is 18.2. The number of benzene rings is 1. The number of nitrogens with zero attached hydrogens (tertiary/aromatic N) is 6. The van der Waals surface area contributed by atoms with Crippen molar-refractivity contribution in [3.63, 3.8) is 0 Å². The van der Waals surface area contributed by atoms with Crippen LogP contribution < -0.4 is 0 Å². The lowest BCUT2D eigenvalue weighted by atomic mass is 10.1. The molecule has 0 bridgehead atoms. The molecule has 116 valence electrons. The molecule has 0 N–H and O–H groups in total. The van der Waals surface area contributed by atoms with E-state index in [2.05, 4.69) is 21.3 Å². The molecule has 8 heteroatoms.